The number of carbonyl (C=O) groups excluding carboxylic acids is 1. The molecule has 0 spiro atoms. The summed E-state index contributed by atoms with van der Waals surface area (Å²) >= 11 is 5.04. The van der Waals surface area contributed by atoms with E-state index in [4.69, 9.17) is 11.6 Å². The second kappa shape index (κ2) is 2.44. The lowest BCUT2D eigenvalue weighted by Gasteiger charge is -2.08. The smallest absolute Gasteiger partial charge is 0.240 e. The van der Waals surface area contributed by atoms with E-state index >= 15 is 0 Å². The van der Waals surface area contributed by atoms with Crippen LogP contribution >= 0.6 is 11.6 Å². The topological polar surface area (TPSA) is 17.1 Å². The van der Waals surface area contributed by atoms with E-state index in [0.29, 0.717) is 0 Å². The summed E-state index contributed by atoms with van der Waals surface area (Å²) < 4.78 is 12.4. The molecule has 0 aliphatic carbocycles. The zero-order valence-corrected chi connectivity index (χ0v) is 5.63. The zero-order valence-electron chi connectivity index (χ0n) is 4.87. The summed E-state index contributed by atoms with van der Waals surface area (Å²) in [5.74, 6) is -0.623. The second-order valence-electron chi connectivity index (χ2n) is 1.61. The molecule has 1 nitrogen and oxygen atoms in total. The number of rotatable bonds is 2. The Morgan fingerprint density at radius 1 is 1.88 bits per heavy atom. The molecule has 1 unspecified atom stereocenters. The predicted molar refractivity (Wildman–Crippen MR) is 30.7 cm³/mol. The fourth-order valence-corrected chi connectivity index (χ4v) is 0.249. The highest BCUT2D eigenvalue weighted by molar-refractivity contribution is 6.33. The summed E-state index contributed by atoms with van der Waals surface area (Å²) in [7, 11) is 0. The molecule has 1 atom stereocenters. The van der Waals surface area contributed by atoms with Crippen LogP contribution in [0.1, 0.15) is 20.3 Å². The lowest BCUT2D eigenvalue weighted by atomic mass is 10.2. The largest absolute Gasteiger partial charge is 0.295 e. The highest BCUT2D eigenvalue weighted by atomic mass is 35.5. The molecule has 0 aromatic heterocycles. The first kappa shape index (κ1) is 7.89. The van der Waals surface area contributed by atoms with Gasteiger partial charge in [0.15, 0.2) is 5.78 Å². The van der Waals surface area contributed by atoms with Crippen molar-refractivity contribution in [2.75, 3.05) is 0 Å². The van der Waals surface area contributed by atoms with Crippen LogP contribution in [0, 0.1) is 0 Å². The number of carbonyl (C=O) groups is 1. The number of Topliss-reactive ketones (excluding diaryl/α,β-unsaturated/α-hetero) is 1. The summed E-state index contributed by atoms with van der Waals surface area (Å²) in [6.07, 6.45) is 0.0316. The van der Waals surface area contributed by atoms with Gasteiger partial charge in [-0.25, -0.2) is 4.39 Å². The van der Waals surface area contributed by atoms with Gasteiger partial charge in [-0.3, -0.25) is 4.79 Å². The Bertz CT molecular complexity index is 101. The van der Waals surface area contributed by atoms with E-state index in [1.165, 1.54) is 6.92 Å². The third kappa shape index (κ3) is 1.78. The first-order valence-corrected chi connectivity index (χ1v) is 2.77. The standard InChI is InChI=1S/C5H8ClFO/c1-3-5(6,7)4(2)8/h3H2,1-2H3. The van der Waals surface area contributed by atoms with Gasteiger partial charge in [-0.05, 0) is 6.92 Å². The van der Waals surface area contributed by atoms with Crippen LogP contribution in [0.2, 0.25) is 0 Å². The van der Waals surface area contributed by atoms with Crippen LogP contribution in [-0.2, 0) is 4.79 Å². The summed E-state index contributed by atoms with van der Waals surface area (Å²) in [5.41, 5.74) is 0. The molecule has 0 saturated heterocycles. The Balaban J connectivity index is 3.91. The van der Waals surface area contributed by atoms with Crippen molar-refractivity contribution >= 4 is 17.4 Å². The van der Waals surface area contributed by atoms with Gasteiger partial charge < -0.3 is 0 Å². The van der Waals surface area contributed by atoms with Crippen molar-refractivity contribution in [2.45, 2.75) is 25.4 Å². The molecule has 8 heavy (non-hydrogen) atoms. The van der Waals surface area contributed by atoms with E-state index in [9.17, 15) is 9.18 Å². The van der Waals surface area contributed by atoms with Gasteiger partial charge in [0, 0.05) is 6.42 Å². The minimum Gasteiger partial charge on any atom is -0.295 e. The molecule has 0 N–H and O–H groups in total. The highest BCUT2D eigenvalue weighted by Gasteiger charge is 2.29. The van der Waals surface area contributed by atoms with Crippen LogP contribution in [0.4, 0.5) is 4.39 Å². The van der Waals surface area contributed by atoms with Crippen molar-refractivity contribution in [3.8, 4) is 0 Å². The maximum absolute atomic E-state index is 12.4. The van der Waals surface area contributed by atoms with Gasteiger partial charge in [0.05, 0.1) is 0 Å². The number of ketones is 1. The minimum atomic E-state index is -2.12. The SMILES string of the molecule is CCC(F)(Cl)C(C)=O. The van der Waals surface area contributed by atoms with Crippen molar-refractivity contribution < 1.29 is 9.18 Å². The zero-order chi connectivity index (χ0) is 6.78. The van der Waals surface area contributed by atoms with Crippen molar-refractivity contribution in [3.63, 3.8) is 0 Å². The molecule has 0 amide bonds. The number of hydrogen-bond acceptors (Lipinski definition) is 1. The molecular weight excluding hydrogens is 131 g/mol. The molecule has 0 heterocycles. The quantitative estimate of drug-likeness (QED) is 0.533. The molecule has 0 radical (unpaired) electrons. The van der Waals surface area contributed by atoms with E-state index in [0.717, 1.165) is 6.92 Å². The molecule has 0 aromatic rings. The van der Waals surface area contributed by atoms with E-state index in [2.05, 4.69) is 0 Å². The Hall–Kier alpha value is -0.110. The molecule has 0 bridgehead atoms. The molecule has 0 fully saturated rings. The van der Waals surface area contributed by atoms with E-state index in [-0.39, 0.29) is 6.42 Å². The maximum Gasteiger partial charge on any atom is 0.240 e. The monoisotopic (exact) mass is 138 g/mol. The van der Waals surface area contributed by atoms with Gasteiger partial charge >= 0.3 is 0 Å². The number of alkyl halides is 2. The van der Waals surface area contributed by atoms with Gasteiger partial charge in [-0.1, -0.05) is 18.5 Å². The van der Waals surface area contributed by atoms with Crippen LogP contribution in [-0.4, -0.2) is 10.9 Å². The predicted octanol–water partition coefficient (Wildman–Crippen LogP) is 1.89. The first-order chi connectivity index (χ1) is 3.50. The van der Waals surface area contributed by atoms with Crippen LogP contribution in [0.25, 0.3) is 0 Å². The van der Waals surface area contributed by atoms with Gasteiger partial charge in [0.25, 0.3) is 0 Å². The Morgan fingerprint density at radius 2 is 2.25 bits per heavy atom. The molecule has 0 saturated carbocycles. The lowest BCUT2D eigenvalue weighted by Crippen LogP contribution is -2.22. The summed E-state index contributed by atoms with van der Waals surface area (Å²) in [6, 6.07) is 0. The van der Waals surface area contributed by atoms with Crippen LogP contribution in [0.3, 0.4) is 0 Å². The molecule has 48 valence electrons. The van der Waals surface area contributed by atoms with Crippen molar-refractivity contribution in [1.82, 2.24) is 0 Å². The van der Waals surface area contributed by atoms with Gasteiger partial charge in [-0.2, -0.15) is 0 Å². The van der Waals surface area contributed by atoms with Gasteiger partial charge in [0.1, 0.15) is 0 Å². The third-order valence-electron chi connectivity index (χ3n) is 0.959. The van der Waals surface area contributed by atoms with Gasteiger partial charge in [0.2, 0.25) is 5.13 Å². The average Bonchev–Trinajstić information content (AvgIpc) is 1.67. The van der Waals surface area contributed by atoms with E-state index in [1.54, 1.807) is 0 Å². The Kier molecular flexibility index (Phi) is 2.41. The molecule has 0 aromatic carbocycles. The molecule has 0 aliphatic heterocycles. The first-order valence-electron chi connectivity index (χ1n) is 2.39. The fourth-order valence-electron chi connectivity index (χ4n) is 0.249. The maximum atomic E-state index is 12.4. The number of halogens is 2. The Labute approximate surface area is 52.8 Å². The molecule has 0 rings (SSSR count). The minimum absolute atomic E-state index is 0.0316. The summed E-state index contributed by atoms with van der Waals surface area (Å²) in [4.78, 5) is 10.2. The van der Waals surface area contributed by atoms with Crippen molar-refractivity contribution in [1.29, 1.82) is 0 Å². The van der Waals surface area contributed by atoms with Crippen molar-refractivity contribution in [2.24, 2.45) is 0 Å². The van der Waals surface area contributed by atoms with Crippen LogP contribution in [0.5, 0.6) is 0 Å². The molecule has 3 heteroatoms. The second-order valence-corrected chi connectivity index (χ2v) is 2.21. The summed E-state index contributed by atoms with van der Waals surface area (Å²) in [5, 5.41) is -2.12. The van der Waals surface area contributed by atoms with E-state index < -0.39 is 10.9 Å². The highest BCUT2D eigenvalue weighted by Crippen LogP contribution is 2.21. The average molecular weight is 139 g/mol. The molecular formula is C5H8ClFO. The fraction of sp³-hybridized carbons (Fsp3) is 0.800. The normalized spacial score (nSPS) is 17.5. The van der Waals surface area contributed by atoms with Crippen LogP contribution in [0.15, 0.2) is 0 Å². The number of hydrogen-bond donors (Lipinski definition) is 0. The lowest BCUT2D eigenvalue weighted by molar-refractivity contribution is -0.123. The molecule has 0 aliphatic rings. The summed E-state index contributed by atoms with van der Waals surface area (Å²) in [6.45, 7) is 2.66. The van der Waals surface area contributed by atoms with Crippen molar-refractivity contribution in [3.05, 3.63) is 0 Å². The van der Waals surface area contributed by atoms with E-state index in [1.807, 2.05) is 0 Å². The van der Waals surface area contributed by atoms with Gasteiger partial charge in [-0.15, -0.1) is 0 Å². The van der Waals surface area contributed by atoms with Crippen LogP contribution < -0.4 is 0 Å². The third-order valence-corrected chi connectivity index (χ3v) is 1.49. The Morgan fingerprint density at radius 3 is 2.25 bits per heavy atom.